The maximum atomic E-state index is 9.66. The van der Waals surface area contributed by atoms with E-state index in [1.165, 1.54) is 0 Å². The van der Waals surface area contributed by atoms with Crippen LogP contribution in [0.1, 0.15) is 19.2 Å². The van der Waals surface area contributed by atoms with Gasteiger partial charge in [-0.1, -0.05) is 6.92 Å². The monoisotopic (exact) mass is 197 g/mol. The van der Waals surface area contributed by atoms with E-state index in [9.17, 15) is 5.11 Å². The van der Waals surface area contributed by atoms with Gasteiger partial charge in [0.1, 0.15) is 5.82 Å². The van der Waals surface area contributed by atoms with E-state index in [0.717, 1.165) is 18.8 Å². The van der Waals surface area contributed by atoms with Gasteiger partial charge in [0, 0.05) is 32.4 Å². The molecule has 1 unspecified atom stereocenters. The van der Waals surface area contributed by atoms with Gasteiger partial charge in [-0.15, -0.1) is 0 Å². The van der Waals surface area contributed by atoms with Crippen molar-refractivity contribution in [1.29, 1.82) is 0 Å². The molecule has 0 saturated heterocycles. The number of nitrogens with one attached hydrogen (secondary N) is 1. The largest absolute Gasteiger partial charge is 0.391 e. The Balaban J connectivity index is 2.27. The number of nitrogens with zero attached hydrogens (tertiary/aromatic N) is 2. The summed E-state index contributed by atoms with van der Waals surface area (Å²) in [6.45, 7) is 3.70. The molecule has 1 aromatic heterocycles. The summed E-state index contributed by atoms with van der Waals surface area (Å²) in [5, 5.41) is 12.8. The van der Waals surface area contributed by atoms with Crippen molar-refractivity contribution in [3.8, 4) is 0 Å². The summed E-state index contributed by atoms with van der Waals surface area (Å²) in [5.74, 6) is 0.927. The summed E-state index contributed by atoms with van der Waals surface area (Å²) in [5.41, 5.74) is 0. The fourth-order valence-corrected chi connectivity index (χ4v) is 1.32. The second kappa shape index (κ2) is 5.78. The molecule has 14 heavy (non-hydrogen) atoms. The van der Waals surface area contributed by atoms with Crippen LogP contribution >= 0.6 is 0 Å². The average Bonchev–Trinajstić information content (AvgIpc) is 2.52. The van der Waals surface area contributed by atoms with E-state index in [0.29, 0.717) is 13.0 Å². The molecule has 1 atom stereocenters. The molecule has 0 saturated carbocycles. The Hall–Kier alpha value is -0.870. The number of aromatic nitrogens is 2. The van der Waals surface area contributed by atoms with Crippen LogP contribution in [0, 0.1) is 0 Å². The highest BCUT2D eigenvalue weighted by molar-refractivity contribution is 4.93. The predicted molar refractivity (Wildman–Crippen MR) is 56.1 cm³/mol. The lowest BCUT2D eigenvalue weighted by Crippen LogP contribution is -2.29. The molecule has 1 aromatic rings. The summed E-state index contributed by atoms with van der Waals surface area (Å²) in [7, 11) is 1.94. The van der Waals surface area contributed by atoms with Crippen LogP contribution in [0.25, 0.3) is 0 Å². The van der Waals surface area contributed by atoms with Crippen LogP contribution in [-0.2, 0) is 13.5 Å². The van der Waals surface area contributed by atoms with Gasteiger partial charge in [0.15, 0.2) is 0 Å². The zero-order valence-electron chi connectivity index (χ0n) is 8.90. The predicted octanol–water partition coefficient (Wildman–Crippen LogP) is 0.323. The third-order valence-electron chi connectivity index (χ3n) is 2.15. The van der Waals surface area contributed by atoms with Crippen molar-refractivity contribution in [3.05, 3.63) is 18.2 Å². The highest BCUT2D eigenvalue weighted by Crippen LogP contribution is 1.98. The standard InChI is InChI=1S/C10H19N3O/c1-3-4-11-8-9(14)7-10-12-5-6-13(10)2/h5-6,9,11,14H,3-4,7-8H2,1-2H3. The molecule has 0 aliphatic carbocycles. The van der Waals surface area contributed by atoms with Crippen LogP contribution in [0.5, 0.6) is 0 Å². The molecule has 0 fully saturated rings. The molecular weight excluding hydrogens is 178 g/mol. The lowest BCUT2D eigenvalue weighted by molar-refractivity contribution is 0.169. The molecule has 4 heteroatoms. The van der Waals surface area contributed by atoms with E-state index in [1.54, 1.807) is 6.20 Å². The van der Waals surface area contributed by atoms with Gasteiger partial charge in [-0.25, -0.2) is 4.98 Å². The summed E-state index contributed by atoms with van der Waals surface area (Å²) < 4.78 is 1.93. The minimum Gasteiger partial charge on any atom is -0.391 e. The number of aliphatic hydroxyl groups is 1. The van der Waals surface area contributed by atoms with Crippen molar-refractivity contribution in [2.75, 3.05) is 13.1 Å². The quantitative estimate of drug-likeness (QED) is 0.646. The lowest BCUT2D eigenvalue weighted by atomic mass is 10.2. The second-order valence-electron chi connectivity index (χ2n) is 3.52. The number of hydrogen-bond acceptors (Lipinski definition) is 3. The minimum atomic E-state index is -0.345. The Kier molecular flexibility index (Phi) is 4.62. The Bertz CT molecular complexity index is 260. The van der Waals surface area contributed by atoms with E-state index in [4.69, 9.17) is 0 Å². The highest BCUT2D eigenvalue weighted by Gasteiger charge is 2.07. The Morgan fingerprint density at radius 2 is 2.43 bits per heavy atom. The van der Waals surface area contributed by atoms with Crippen LogP contribution in [0.3, 0.4) is 0 Å². The van der Waals surface area contributed by atoms with Crippen LogP contribution in [0.2, 0.25) is 0 Å². The van der Waals surface area contributed by atoms with E-state index in [-0.39, 0.29) is 6.10 Å². The van der Waals surface area contributed by atoms with Crippen molar-refractivity contribution in [1.82, 2.24) is 14.9 Å². The molecular formula is C10H19N3O. The van der Waals surface area contributed by atoms with Crippen molar-refractivity contribution in [3.63, 3.8) is 0 Å². The van der Waals surface area contributed by atoms with Gasteiger partial charge in [-0.2, -0.15) is 0 Å². The van der Waals surface area contributed by atoms with E-state index >= 15 is 0 Å². The molecule has 0 bridgehead atoms. The number of imidazole rings is 1. The van der Waals surface area contributed by atoms with Crippen molar-refractivity contribution in [2.45, 2.75) is 25.9 Å². The third kappa shape index (κ3) is 3.47. The van der Waals surface area contributed by atoms with Crippen LogP contribution in [0.15, 0.2) is 12.4 Å². The minimum absolute atomic E-state index is 0.345. The first-order chi connectivity index (χ1) is 6.74. The summed E-state index contributed by atoms with van der Waals surface area (Å²) in [6.07, 6.45) is 5.00. The Morgan fingerprint density at radius 3 is 3.00 bits per heavy atom. The third-order valence-corrected chi connectivity index (χ3v) is 2.15. The van der Waals surface area contributed by atoms with Crippen molar-refractivity contribution < 1.29 is 5.11 Å². The fraction of sp³-hybridized carbons (Fsp3) is 0.700. The number of aryl methyl sites for hydroxylation is 1. The normalized spacial score (nSPS) is 13.1. The van der Waals surface area contributed by atoms with Crippen molar-refractivity contribution >= 4 is 0 Å². The molecule has 0 radical (unpaired) electrons. The van der Waals surface area contributed by atoms with E-state index < -0.39 is 0 Å². The van der Waals surface area contributed by atoms with Gasteiger partial charge in [0.2, 0.25) is 0 Å². The maximum Gasteiger partial charge on any atom is 0.111 e. The van der Waals surface area contributed by atoms with Gasteiger partial charge in [0.25, 0.3) is 0 Å². The SMILES string of the molecule is CCCNCC(O)Cc1nccn1C. The van der Waals surface area contributed by atoms with Gasteiger partial charge >= 0.3 is 0 Å². The molecule has 0 aromatic carbocycles. The van der Waals surface area contributed by atoms with Crippen LogP contribution in [0.4, 0.5) is 0 Å². The summed E-state index contributed by atoms with van der Waals surface area (Å²) >= 11 is 0. The number of rotatable bonds is 6. The molecule has 0 amide bonds. The highest BCUT2D eigenvalue weighted by atomic mass is 16.3. The summed E-state index contributed by atoms with van der Waals surface area (Å²) in [4.78, 5) is 4.16. The fourth-order valence-electron chi connectivity index (χ4n) is 1.32. The maximum absolute atomic E-state index is 9.66. The molecule has 4 nitrogen and oxygen atoms in total. The molecule has 0 spiro atoms. The zero-order valence-corrected chi connectivity index (χ0v) is 8.90. The number of aliphatic hydroxyl groups excluding tert-OH is 1. The van der Waals surface area contributed by atoms with Crippen molar-refractivity contribution in [2.24, 2.45) is 7.05 Å². The molecule has 80 valence electrons. The number of hydrogen-bond donors (Lipinski definition) is 2. The zero-order chi connectivity index (χ0) is 10.4. The average molecular weight is 197 g/mol. The van der Waals surface area contributed by atoms with Gasteiger partial charge in [-0.05, 0) is 13.0 Å². The topological polar surface area (TPSA) is 50.1 Å². The Morgan fingerprint density at radius 1 is 1.64 bits per heavy atom. The van der Waals surface area contributed by atoms with E-state index in [2.05, 4.69) is 17.2 Å². The van der Waals surface area contributed by atoms with E-state index in [1.807, 2.05) is 17.8 Å². The van der Waals surface area contributed by atoms with Gasteiger partial charge in [-0.3, -0.25) is 0 Å². The smallest absolute Gasteiger partial charge is 0.111 e. The van der Waals surface area contributed by atoms with Crippen LogP contribution < -0.4 is 5.32 Å². The first kappa shape index (κ1) is 11.2. The first-order valence-electron chi connectivity index (χ1n) is 5.09. The van der Waals surface area contributed by atoms with Crippen LogP contribution in [-0.4, -0.2) is 33.9 Å². The van der Waals surface area contributed by atoms with Gasteiger partial charge in [0.05, 0.1) is 6.10 Å². The Labute approximate surface area is 85.0 Å². The molecule has 1 rings (SSSR count). The second-order valence-corrected chi connectivity index (χ2v) is 3.52. The molecule has 1 heterocycles. The molecule has 2 N–H and O–H groups in total. The van der Waals surface area contributed by atoms with Gasteiger partial charge < -0.3 is 15.0 Å². The molecule has 0 aliphatic heterocycles. The lowest BCUT2D eigenvalue weighted by Gasteiger charge is -2.10. The molecule has 0 aliphatic rings. The first-order valence-corrected chi connectivity index (χ1v) is 5.09. The summed E-state index contributed by atoms with van der Waals surface area (Å²) in [6, 6.07) is 0.